The molecule has 0 saturated heterocycles. The number of ether oxygens (including phenoxy) is 3. The van der Waals surface area contributed by atoms with Crippen molar-refractivity contribution >= 4 is 34.9 Å². The predicted octanol–water partition coefficient (Wildman–Crippen LogP) is 4.15. The van der Waals surface area contributed by atoms with Gasteiger partial charge in [-0.3, -0.25) is 10.1 Å². The highest BCUT2D eigenvalue weighted by atomic mass is 35.5. The highest BCUT2D eigenvalue weighted by molar-refractivity contribution is 6.37. The first kappa shape index (κ1) is 18.8. The van der Waals surface area contributed by atoms with Gasteiger partial charge in [-0.2, -0.15) is 0 Å². The lowest BCUT2D eigenvalue weighted by molar-refractivity contribution is -0.384. The van der Waals surface area contributed by atoms with Gasteiger partial charge in [0, 0.05) is 12.1 Å². The summed E-state index contributed by atoms with van der Waals surface area (Å²) in [5.74, 6) is -0.310. The van der Waals surface area contributed by atoms with Crippen molar-refractivity contribution in [2.45, 2.75) is 0 Å². The van der Waals surface area contributed by atoms with E-state index in [1.807, 2.05) is 0 Å². The van der Waals surface area contributed by atoms with Crippen LogP contribution in [0.15, 0.2) is 36.4 Å². The third kappa shape index (κ3) is 4.74. The highest BCUT2D eigenvalue weighted by Crippen LogP contribution is 2.32. The fourth-order valence-corrected chi connectivity index (χ4v) is 2.45. The summed E-state index contributed by atoms with van der Waals surface area (Å²) < 4.78 is 15.5. The molecule has 0 saturated carbocycles. The van der Waals surface area contributed by atoms with E-state index in [9.17, 15) is 14.9 Å². The molecule has 0 aliphatic heterocycles. The molecule has 0 heterocycles. The van der Waals surface area contributed by atoms with Gasteiger partial charge in [-0.05, 0) is 18.2 Å². The summed E-state index contributed by atoms with van der Waals surface area (Å²) in [7, 11) is 1.35. The number of para-hydroxylation sites is 1. The SMILES string of the molecule is COc1ccc([N+](=O)[O-])cc1C(=O)OCCOc1c(Cl)cccc1Cl. The average molecular weight is 386 g/mol. The standard InChI is InChI=1S/C16H13Cl2NO6/c1-23-14-6-5-10(19(21)22)9-11(14)16(20)25-8-7-24-15-12(17)3-2-4-13(15)18/h2-6,9H,7-8H2,1H3. The zero-order chi connectivity index (χ0) is 18.4. The van der Waals surface area contributed by atoms with Crippen LogP contribution in [0.25, 0.3) is 0 Å². The second-order valence-corrected chi connectivity index (χ2v) is 5.49. The summed E-state index contributed by atoms with van der Waals surface area (Å²) >= 11 is 11.9. The predicted molar refractivity (Wildman–Crippen MR) is 91.9 cm³/mol. The Morgan fingerprint density at radius 2 is 1.84 bits per heavy atom. The number of nitrogens with zero attached hydrogens (tertiary/aromatic N) is 1. The van der Waals surface area contributed by atoms with Crippen molar-refractivity contribution in [3.63, 3.8) is 0 Å². The second kappa shape index (κ2) is 8.55. The first-order chi connectivity index (χ1) is 11.9. The van der Waals surface area contributed by atoms with Crippen LogP contribution in [-0.4, -0.2) is 31.2 Å². The van der Waals surface area contributed by atoms with Crippen molar-refractivity contribution in [2.75, 3.05) is 20.3 Å². The van der Waals surface area contributed by atoms with Gasteiger partial charge in [-0.25, -0.2) is 4.79 Å². The van der Waals surface area contributed by atoms with Crippen molar-refractivity contribution < 1.29 is 23.9 Å². The fourth-order valence-electron chi connectivity index (χ4n) is 1.95. The largest absolute Gasteiger partial charge is 0.496 e. The summed E-state index contributed by atoms with van der Waals surface area (Å²) in [6.45, 7) is -0.0985. The number of non-ortho nitro benzene ring substituents is 1. The summed E-state index contributed by atoms with van der Waals surface area (Å²) in [5, 5.41) is 11.5. The Morgan fingerprint density at radius 1 is 1.16 bits per heavy atom. The van der Waals surface area contributed by atoms with Gasteiger partial charge in [0.1, 0.15) is 24.5 Å². The van der Waals surface area contributed by atoms with Crippen LogP contribution in [0, 0.1) is 10.1 Å². The number of nitro groups is 1. The Hall–Kier alpha value is -2.51. The van der Waals surface area contributed by atoms with Crippen molar-refractivity contribution in [1.82, 2.24) is 0 Å². The maximum Gasteiger partial charge on any atom is 0.342 e. The van der Waals surface area contributed by atoms with Crippen LogP contribution in [0.2, 0.25) is 10.0 Å². The zero-order valence-corrected chi connectivity index (χ0v) is 14.5. The normalized spacial score (nSPS) is 10.2. The van der Waals surface area contributed by atoms with E-state index in [0.29, 0.717) is 10.0 Å². The monoisotopic (exact) mass is 385 g/mol. The van der Waals surface area contributed by atoms with E-state index in [1.54, 1.807) is 18.2 Å². The molecular weight excluding hydrogens is 373 g/mol. The molecule has 0 fully saturated rings. The molecular formula is C16H13Cl2NO6. The lowest BCUT2D eigenvalue weighted by Crippen LogP contribution is -2.13. The van der Waals surface area contributed by atoms with E-state index in [-0.39, 0.29) is 36.0 Å². The van der Waals surface area contributed by atoms with Crippen LogP contribution in [0.1, 0.15) is 10.4 Å². The Labute approximate surface area is 153 Å². The minimum absolute atomic E-state index is 0.00638. The minimum Gasteiger partial charge on any atom is -0.496 e. The fraction of sp³-hybridized carbons (Fsp3) is 0.188. The lowest BCUT2D eigenvalue weighted by atomic mass is 10.2. The quantitative estimate of drug-likeness (QED) is 0.308. The first-order valence-electron chi connectivity index (χ1n) is 7.00. The summed E-state index contributed by atoms with van der Waals surface area (Å²) in [6, 6.07) is 8.55. The number of nitro benzene ring substituents is 1. The van der Waals surface area contributed by atoms with Gasteiger partial charge in [0.2, 0.25) is 0 Å². The number of carbonyl (C=O) groups excluding carboxylic acids is 1. The van der Waals surface area contributed by atoms with Crippen LogP contribution < -0.4 is 9.47 Å². The molecule has 25 heavy (non-hydrogen) atoms. The topological polar surface area (TPSA) is 87.9 Å². The molecule has 0 aliphatic carbocycles. The number of halogens is 2. The Kier molecular flexibility index (Phi) is 6.44. The maximum absolute atomic E-state index is 12.1. The summed E-state index contributed by atoms with van der Waals surface area (Å²) in [4.78, 5) is 22.3. The third-order valence-electron chi connectivity index (χ3n) is 3.10. The molecule has 0 atom stereocenters. The van der Waals surface area contributed by atoms with E-state index < -0.39 is 10.9 Å². The van der Waals surface area contributed by atoms with Crippen molar-refractivity contribution in [3.05, 3.63) is 62.1 Å². The Morgan fingerprint density at radius 3 is 2.44 bits per heavy atom. The van der Waals surface area contributed by atoms with Crippen LogP contribution in [0.3, 0.4) is 0 Å². The molecule has 0 bridgehead atoms. The molecule has 132 valence electrons. The zero-order valence-electron chi connectivity index (χ0n) is 13.0. The lowest BCUT2D eigenvalue weighted by Gasteiger charge is -2.11. The highest BCUT2D eigenvalue weighted by Gasteiger charge is 2.18. The smallest absolute Gasteiger partial charge is 0.342 e. The van der Waals surface area contributed by atoms with Gasteiger partial charge < -0.3 is 14.2 Å². The minimum atomic E-state index is -0.769. The van der Waals surface area contributed by atoms with Gasteiger partial charge >= 0.3 is 5.97 Å². The summed E-state index contributed by atoms with van der Waals surface area (Å²) in [6.07, 6.45) is 0. The van der Waals surface area contributed by atoms with Gasteiger partial charge in [0.15, 0.2) is 5.75 Å². The van der Waals surface area contributed by atoms with E-state index >= 15 is 0 Å². The average Bonchev–Trinajstić information content (AvgIpc) is 2.59. The molecule has 0 unspecified atom stereocenters. The molecule has 9 heteroatoms. The molecule has 0 aliphatic rings. The molecule has 2 aromatic carbocycles. The molecule has 2 aromatic rings. The molecule has 0 radical (unpaired) electrons. The van der Waals surface area contributed by atoms with Crippen molar-refractivity contribution in [1.29, 1.82) is 0 Å². The van der Waals surface area contributed by atoms with Crippen molar-refractivity contribution in [2.24, 2.45) is 0 Å². The van der Waals surface area contributed by atoms with Crippen LogP contribution in [-0.2, 0) is 4.74 Å². The number of carbonyl (C=O) groups is 1. The molecule has 7 nitrogen and oxygen atoms in total. The molecule has 0 aromatic heterocycles. The van der Waals surface area contributed by atoms with E-state index in [1.165, 1.54) is 19.2 Å². The first-order valence-corrected chi connectivity index (χ1v) is 7.76. The number of hydrogen-bond acceptors (Lipinski definition) is 6. The summed E-state index contributed by atoms with van der Waals surface area (Å²) in [5.41, 5.74) is -0.292. The molecule has 0 spiro atoms. The van der Waals surface area contributed by atoms with Gasteiger partial charge in [-0.15, -0.1) is 0 Å². The maximum atomic E-state index is 12.1. The molecule has 0 amide bonds. The van der Waals surface area contributed by atoms with E-state index in [0.717, 1.165) is 6.07 Å². The van der Waals surface area contributed by atoms with Crippen LogP contribution >= 0.6 is 23.2 Å². The Bertz CT molecular complexity index is 776. The van der Waals surface area contributed by atoms with Crippen LogP contribution in [0.4, 0.5) is 5.69 Å². The molecule has 2 rings (SSSR count). The second-order valence-electron chi connectivity index (χ2n) is 4.68. The van der Waals surface area contributed by atoms with Gasteiger partial charge in [0.05, 0.1) is 22.1 Å². The third-order valence-corrected chi connectivity index (χ3v) is 3.69. The van der Waals surface area contributed by atoms with Gasteiger partial charge in [-0.1, -0.05) is 29.3 Å². The number of esters is 1. The number of methoxy groups -OCH3 is 1. The van der Waals surface area contributed by atoms with E-state index in [4.69, 9.17) is 37.4 Å². The van der Waals surface area contributed by atoms with E-state index in [2.05, 4.69) is 0 Å². The number of hydrogen-bond donors (Lipinski definition) is 0. The number of benzene rings is 2. The Balaban J connectivity index is 1.98. The van der Waals surface area contributed by atoms with Gasteiger partial charge in [0.25, 0.3) is 5.69 Å². The van der Waals surface area contributed by atoms with Crippen molar-refractivity contribution in [3.8, 4) is 11.5 Å². The van der Waals surface area contributed by atoms with Crippen LogP contribution in [0.5, 0.6) is 11.5 Å². The molecule has 0 N–H and O–H groups in total. The number of rotatable bonds is 7.